The minimum atomic E-state index is 0.689. The van der Waals surface area contributed by atoms with Crippen molar-refractivity contribution in [3.8, 4) is 0 Å². The van der Waals surface area contributed by atoms with Crippen LogP contribution in [0, 0.1) is 5.92 Å². The highest BCUT2D eigenvalue weighted by Gasteiger charge is 2.28. The molecular weight excluding hydrogens is 102 g/mol. The van der Waals surface area contributed by atoms with Crippen molar-refractivity contribution in [2.45, 2.75) is 25.3 Å². The highest BCUT2D eigenvalue weighted by molar-refractivity contribution is 4.80. The van der Waals surface area contributed by atoms with Gasteiger partial charge in [-0.05, 0) is 25.2 Å². The molecule has 0 aromatic carbocycles. The van der Waals surface area contributed by atoms with Gasteiger partial charge >= 0.3 is 0 Å². The fraction of sp³-hybridized carbons (Fsp3) is 1.00. The monoisotopic (exact) mass is 113 g/mol. The lowest BCUT2D eigenvalue weighted by Gasteiger charge is -2.19. The predicted molar refractivity (Wildman–Crippen MR) is 30.2 cm³/mol. The quantitative estimate of drug-likeness (QED) is 0.499. The molecule has 1 N–H and O–H groups in total. The van der Waals surface area contributed by atoms with Gasteiger partial charge in [0.1, 0.15) is 0 Å². The molecule has 2 heteroatoms. The Morgan fingerprint density at radius 3 is 3.12 bits per heavy atom. The molecule has 1 heterocycles. The van der Waals surface area contributed by atoms with E-state index in [0.29, 0.717) is 6.04 Å². The molecule has 2 unspecified atom stereocenters. The van der Waals surface area contributed by atoms with Crippen LogP contribution in [-0.4, -0.2) is 12.6 Å². The summed E-state index contributed by atoms with van der Waals surface area (Å²) in [6, 6.07) is 0.689. The Balaban J connectivity index is 2.03. The number of fused-ring (bicyclic) bond motifs is 2. The Morgan fingerprint density at radius 1 is 1.38 bits per heavy atom. The van der Waals surface area contributed by atoms with Gasteiger partial charge in [0.25, 0.3) is 0 Å². The number of rotatable bonds is 0. The molecular formula is C6H11NO. The highest BCUT2D eigenvalue weighted by Crippen LogP contribution is 2.28. The fourth-order valence-corrected chi connectivity index (χ4v) is 1.62. The Labute approximate surface area is 49.2 Å². The molecule has 0 spiro atoms. The summed E-state index contributed by atoms with van der Waals surface area (Å²) in [7, 11) is 0. The molecule has 8 heavy (non-hydrogen) atoms. The van der Waals surface area contributed by atoms with E-state index in [1.807, 2.05) is 0 Å². The molecule has 2 nitrogen and oxygen atoms in total. The number of hydrogen-bond donors (Lipinski definition) is 1. The molecule has 2 bridgehead atoms. The zero-order chi connectivity index (χ0) is 5.40. The molecule has 2 aliphatic rings. The SMILES string of the molecule is C1CC2CC1CON2. The van der Waals surface area contributed by atoms with Crippen LogP contribution in [0.1, 0.15) is 19.3 Å². The molecule has 1 aliphatic heterocycles. The van der Waals surface area contributed by atoms with Crippen molar-refractivity contribution in [3.63, 3.8) is 0 Å². The van der Waals surface area contributed by atoms with Crippen molar-refractivity contribution < 1.29 is 4.84 Å². The molecule has 2 fully saturated rings. The maximum Gasteiger partial charge on any atom is 0.0711 e. The number of hydroxylamine groups is 1. The second kappa shape index (κ2) is 1.71. The Hall–Kier alpha value is -0.0800. The third kappa shape index (κ3) is 0.644. The first-order valence-corrected chi connectivity index (χ1v) is 3.32. The Morgan fingerprint density at radius 2 is 2.38 bits per heavy atom. The van der Waals surface area contributed by atoms with Gasteiger partial charge in [0.05, 0.1) is 6.61 Å². The van der Waals surface area contributed by atoms with E-state index in [2.05, 4.69) is 5.48 Å². The second-order valence-electron chi connectivity index (χ2n) is 2.80. The van der Waals surface area contributed by atoms with E-state index in [-0.39, 0.29) is 0 Å². The third-order valence-electron chi connectivity index (χ3n) is 2.11. The molecule has 0 aromatic heterocycles. The average molecular weight is 113 g/mol. The molecule has 1 saturated heterocycles. The summed E-state index contributed by atoms with van der Waals surface area (Å²) in [5.74, 6) is 0.876. The van der Waals surface area contributed by atoms with Gasteiger partial charge in [0, 0.05) is 6.04 Å². The predicted octanol–water partition coefficient (Wildman–Crippen LogP) is 0.690. The van der Waals surface area contributed by atoms with Gasteiger partial charge in [0.15, 0.2) is 0 Å². The van der Waals surface area contributed by atoms with E-state index in [9.17, 15) is 0 Å². The minimum Gasteiger partial charge on any atom is -0.301 e. The van der Waals surface area contributed by atoms with E-state index < -0.39 is 0 Å². The van der Waals surface area contributed by atoms with E-state index in [1.54, 1.807) is 0 Å². The third-order valence-corrected chi connectivity index (χ3v) is 2.11. The van der Waals surface area contributed by atoms with Crippen LogP contribution in [0.15, 0.2) is 0 Å². The largest absolute Gasteiger partial charge is 0.301 e. The zero-order valence-corrected chi connectivity index (χ0v) is 4.89. The van der Waals surface area contributed by atoms with Crippen LogP contribution in [0.4, 0.5) is 0 Å². The molecule has 0 amide bonds. The topological polar surface area (TPSA) is 21.3 Å². The summed E-state index contributed by atoms with van der Waals surface area (Å²) in [6.45, 7) is 0.941. The Bertz CT molecular complexity index is 80.5. The summed E-state index contributed by atoms with van der Waals surface area (Å²) in [5.41, 5.74) is 3.01. The first kappa shape index (κ1) is 4.77. The minimum absolute atomic E-state index is 0.689. The molecule has 1 aliphatic carbocycles. The lowest BCUT2D eigenvalue weighted by atomic mass is 10.1. The average Bonchev–Trinajstić information content (AvgIpc) is 2.12. The van der Waals surface area contributed by atoms with Crippen LogP contribution < -0.4 is 5.48 Å². The van der Waals surface area contributed by atoms with Gasteiger partial charge in [-0.3, -0.25) is 0 Å². The van der Waals surface area contributed by atoms with Crippen LogP contribution >= 0.6 is 0 Å². The van der Waals surface area contributed by atoms with Crippen molar-refractivity contribution in [1.29, 1.82) is 0 Å². The molecule has 0 aromatic rings. The second-order valence-corrected chi connectivity index (χ2v) is 2.80. The van der Waals surface area contributed by atoms with E-state index in [0.717, 1.165) is 12.5 Å². The summed E-state index contributed by atoms with van der Waals surface area (Å²) in [6.07, 6.45) is 4.04. The lowest BCUT2D eigenvalue weighted by molar-refractivity contribution is -0.0243. The molecule has 2 rings (SSSR count). The van der Waals surface area contributed by atoms with Crippen LogP contribution in [0.3, 0.4) is 0 Å². The number of hydrogen-bond acceptors (Lipinski definition) is 2. The van der Waals surface area contributed by atoms with Crippen molar-refractivity contribution >= 4 is 0 Å². The molecule has 46 valence electrons. The smallest absolute Gasteiger partial charge is 0.0711 e. The highest BCUT2D eigenvalue weighted by atomic mass is 16.6. The van der Waals surface area contributed by atoms with Crippen LogP contribution in [0.5, 0.6) is 0 Å². The van der Waals surface area contributed by atoms with Crippen molar-refractivity contribution in [2.75, 3.05) is 6.61 Å². The van der Waals surface area contributed by atoms with Gasteiger partial charge in [-0.1, -0.05) is 0 Å². The zero-order valence-electron chi connectivity index (χ0n) is 4.89. The Kier molecular flexibility index (Phi) is 1.02. The van der Waals surface area contributed by atoms with Crippen LogP contribution in [0.25, 0.3) is 0 Å². The van der Waals surface area contributed by atoms with Gasteiger partial charge < -0.3 is 4.84 Å². The lowest BCUT2D eigenvalue weighted by Crippen LogP contribution is -2.32. The van der Waals surface area contributed by atoms with Gasteiger partial charge in [-0.15, -0.1) is 0 Å². The van der Waals surface area contributed by atoms with Gasteiger partial charge in [0.2, 0.25) is 0 Å². The number of nitrogens with one attached hydrogen (secondary N) is 1. The van der Waals surface area contributed by atoms with Crippen molar-refractivity contribution in [1.82, 2.24) is 5.48 Å². The van der Waals surface area contributed by atoms with Crippen LogP contribution in [0.2, 0.25) is 0 Å². The first-order chi connectivity index (χ1) is 3.95. The standard InChI is InChI=1S/C6H11NO/c1-2-6-3-5(1)4-8-7-6/h5-7H,1-4H2. The van der Waals surface area contributed by atoms with E-state index in [4.69, 9.17) is 4.84 Å². The summed E-state index contributed by atoms with van der Waals surface area (Å²) in [4.78, 5) is 5.11. The summed E-state index contributed by atoms with van der Waals surface area (Å²) < 4.78 is 0. The fourth-order valence-electron chi connectivity index (χ4n) is 1.62. The molecule has 0 radical (unpaired) electrons. The van der Waals surface area contributed by atoms with Crippen molar-refractivity contribution in [2.24, 2.45) is 5.92 Å². The normalized spacial score (nSPS) is 45.0. The van der Waals surface area contributed by atoms with E-state index >= 15 is 0 Å². The van der Waals surface area contributed by atoms with Gasteiger partial charge in [-0.25, -0.2) is 0 Å². The maximum absolute atomic E-state index is 5.11. The van der Waals surface area contributed by atoms with E-state index in [1.165, 1.54) is 19.3 Å². The van der Waals surface area contributed by atoms with Crippen molar-refractivity contribution in [3.05, 3.63) is 0 Å². The first-order valence-electron chi connectivity index (χ1n) is 3.32. The summed E-state index contributed by atoms with van der Waals surface area (Å²) >= 11 is 0. The van der Waals surface area contributed by atoms with Crippen LogP contribution in [-0.2, 0) is 4.84 Å². The summed E-state index contributed by atoms with van der Waals surface area (Å²) in [5, 5.41) is 0. The molecule has 1 saturated carbocycles. The van der Waals surface area contributed by atoms with Gasteiger partial charge in [-0.2, -0.15) is 5.48 Å². The molecule has 2 atom stereocenters. The maximum atomic E-state index is 5.11.